The predicted octanol–water partition coefficient (Wildman–Crippen LogP) is 1.27. The van der Waals surface area contributed by atoms with Gasteiger partial charge in [0.2, 0.25) is 0 Å². The molecular formula is C13H24N6. The van der Waals surface area contributed by atoms with E-state index in [-0.39, 0.29) is 0 Å². The van der Waals surface area contributed by atoms with Crippen molar-refractivity contribution in [1.29, 1.82) is 0 Å². The zero-order chi connectivity index (χ0) is 14.0. The van der Waals surface area contributed by atoms with Crippen LogP contribution in [-0.4, -0.2) is 40.5 Å². The molecule has 0 radical (unpaired) electrons. The third-order valence-corrected chi connectivity index (χ3v) is 3.78. The number of aromatic nitrogens is 2. The minimum atomic E-state index is 0.483. The molecule has 1 aromatic heterocycles. The van der Waals surface area contributed by atoms with Crippen LogP contribution in [0.15, 0.2) is 0 Å². The number of hydrogen-bond acceptors (Lipinski definition) is 6. The summed E-state index contributed by atoms with van der Waals surface area (Å²) in [5.74, 6) is 7.71. The average molecular weight is 264 g/mol. The number of likely N-dealkylation sites (N-methyl/N-ethyl adjacent to an activating group) is 1. The third kappa shape index (κ3) is 3.33. The van der Waals surface area contributed by atoms with Gasteiger partial charge in [0.05, 0.1) is 0 Å². The lowest BCUT2D eigenvalue weighted by molar-refractivity contribution is 0.257. The lowest BCUT2D eigenvalue weighted by Crippen LogP contribution is -2.36. The fourth-order valence-electron chi connectivity index (χ4n) is 2.17. The highest BCUT2D eigenvalue weighted by Crippen LogP contribution is 2.27. The van der Waals surface area contributed by atoms with Gasteiger partial charge in [-0.2, -0.15) is 0 Å². The van der Waals surface area contributed by atoms with Crippen LogP contribution in [0.4, 0.5) is 11.6 Å². The summed E-state index contributed by atoms with van der Waals surface area (Å²) in [6.45, 7) is 6.93. The molecule has 0 saturated heterocycles. The second-order valence-electron chi connectivity index (χ2n) is 5.36. The molecule has 2 rings (SSSR count). The molecule has 0 aromatic carbocycles. The van der Waals surface area contributed by atoms with Crippen LogP contribution in [-0.2, 0) is 0 Å². The number of anilines is 2. The number of hydrazine groups is 1. The molecule has 6 nitrogen and oxygen atoms in total. The largest absolute Gasteiger partial charge is 0.368 e. The first kappa shape index (κ1) is 14.0. The second kappa shape index (κ2) is 5.71. The zero-order valence-electron chi connectivity index (χ0n) is 12.2. The van der Waals surface area contributed by atoms with Gasteiger partial charge in [0.1, 0.15) is 17.5 Å². The predicted molar refractivity (Wildman–Crippen MR) is 78.1 cm³/mol. The number of nitrogens with two attached hydrogens (primary N) is 1. The maximum absolute atomic E-state index is 5.46. The Morgan fingerprint density at radius 1 is 1.32 bits per heavy atom. The van der Waals surface area contributed by atoms with Gasteiger partial charge in [0.25, 0.3) is 0 Å². The smallest absolute Gasteiger partial charge is 0.148 e. The maximum Gasteiger partial charge on any atom is 0.148 e. The third-order valence-electron chi connectivity index (χ3n) is 3.78. The fourth-order valence-corrected chi connectivity index (χ4v) is 2.17. The van der Waals surface area contributed by atoms with E-state index in [1.807, 2.05) is 13.8 Å². The Kier molecular flexibility index (Phi) is 4.21. The molecule has 0 aliphatic heterocycles. The van der Waals surface area contributed by atoms with Gasteiger partial charge in [-0.3, -0.25) is 4.90 Å². The number of nitrogen functional groups attached to an aromatic ring is 1. The van der Waals surface area contributed by atoms with E-state index >= 15 is 0 Å². The van der Waals surface area contributed by atoms with Crippen molar-refractivity contribution in [2.45, 2.75) is 45.7 Å². The van der Waals surface area contributed by atoms with Crippen molar-refractivity contribution in [1.82, 2.24) is 14.9 Å². The topological polar surface area (TPSA) is 79.1 Å². The van der Waals surface area contributed by atoms with Crippen molar-refractivity contribution in [2.24, 2.45) is 5.84 Å². The Labute approximate surface area is 114 Å². The summed E-state index contributed by atoms with van der Waals surface area (Å²) in [6.07, 6.45) is 2.65. The van der Waals surface area contributed by atoms with Gasteiger partial charge in [-0.1, -0.05) is 0 Å². The Morgan fingerprint density at radius 2 is 1.95 bits per heavy atom. The molecule has 1 heterocycles. The van der Waals surface area contributed by atoms with Gasteiger partial charge >= 0.3 is 0 Å². The van der Waals surface area contributed by atoms with Crippen LogP contribution in [0.3, 0.4) is 0 Å². The number of rotatable bonds is 6. The van der Waals surface area contributed by atoms with Crippen LogP contribution >= 0.6 is 0 Å². The van der Waals surface area contributed by atoms with Gasteiger partial charge in [0, 0.05) is 24.2 Å². The molecule has 0 bridgehead atoms. The Hall–Kier alpha value is -1.40. The standard InChI is InChI=1S/C13H24N6/c1-8(19(4)11-5-6-11)7-15-12-9(2)13(18-14)17-10(3)16-12/h8,11H,5-7,14H2,1-4H3,(H2,15,16,17,18). The van der Waals surface area contributed by atoms with Gasteiger partial charge in [-0.15, -0.1) is 0 Å². The van der Waals surface area contributed by atoms with Crippen molar-refractivity contribution >= 4 is 11.6 Å². The number of aryl methyl sites for hydroxylation is 1. The molecule has 1 unspecified atom stereocenters. The summed E-state index contributed by atoms with van der Waals surface area (Å²) in [6, 6.07) is 1.25. The van der Waals surface area contributed by atoms with Crippen molar-refractivity contribution in [3.63, 3.8) is 0 Å². The minimum absolute atomic E-state index is 0.483. The lowest BCUT2D eigenvalue weighted by Gasteiger charge is -2.25. The van der Waals surface area contributed by atoms with Crippen LogP contribution in [0.2, 0.25) is 0 Å². The highest BCUT2D eigenvalue weighted by molar-refractivity contribution is 5.56. The van der Waals surface area contributed by atoms with Crippen LogP contribution in [0.5, 0.6) is 0 Å². The fraction of sp³-hybridized carbons (Fsp3) is 0.692. The van der Waals surface area contributed by atoms with Gasteiger partial charge in [-0.05, 0) is 40.7 Å². The lowest BCUT2D eigenvalue weighted by atomic mass is 10.2. The van der Waals surface area contributed by atoms with Gasteiger partial charge in [-0.25, -0.2) is 15.8 Å². The van der Waals surface area contributed by atoms with Crippen LogP contribution in [0, 0.1) is 13.8 Å². The molecule has 1 aliphatic carbocycles. The van der Waals surface area contributed by atoms with Crippen LogP contribution in [0.25, 0.3) is 0 Å². The first-order chi connectivity index (χ1) is 9.02. The van der Waals surface area contributed by atoms with E-state index in [4.69, 9.17) is 5.84 Å². The molecule has 106 valence electrons. The van der Waals surface area contributed by atoms with E-state index in [9.17, 15) is 0 Å². The van der Waals surface area contributed by atoms with Crippen molar-refractivity contribution in [3.8, 4) is 0 Å². The SMILES string of the molecule is Cc1nc(NN)c(C)c(NCC(C)N(C)C2CC2)n1. The highest BCUT2D eigenvalue weighted by Gasteiger charge is 2.29. The molecular weight excluding hydrogens is 240 g/mol. The normalized spacial score (nSPS) is 16.5. The summed E-state index contributed by atoms with van der Waals surface area (Å²) in [5.41, 5.74) is 3.57. The van der Waals surface area contributed by atoms with E-state index < -0.39 is 0 Å². The summed E-state index contributed by atoms with van der Waals surface area (Å²) in [4.78, 5) is 11.1. The summed E-state index contributed by atoms with van der Waals surface area (Å²) in [7, 11) is 2.19. The summed E-state index contributed by atoms with van der Waals surface area (Å²) >= 11 is 0. The summed E-state index contributed by atoms with van der Waals surface area (Å²) in [5, 5.41) is 3.40. The minimum Gasteiger partial charge on any atom is -0.368 e. The number of hydrogen-bond donors (Lipinski definition) is 3. The maximum atomic E-state index is 5.46. The molecule has 0 spiro atoms. The zero-order valence-corrected chi connectivity index (χ0v) is 12.2. The molecule has 1 aromatic rings. The first-order valence-electron chi connectivity index (χ1n) is 6.80. The van der Waals surface area contributed by atoms with Crippen molar-refractivity contribution < 1.29 is 0 Å². The first-order valence-corrected chi connectivity index (χ1v) is 6.80. The Bertz CT molecular complexity index is 443. The molecule has 1 fully saturated rings. The quantitative estimate of drug-likeness (QED) is 0.530. The molecule has 1 atom stereocenters. The molecule has 0 amide bonds. The van der Waals surface area contributed by atoms with E-state index in [2.05, 4.69) is 39.6 Å². The molecule has 19 heavy (non-hydrogen) atoms. The van der Waals surface area contributed by atoms with Gasteiger partial charge < -0.3 is 10.7 Å². The molecule has 1 aliphatic rings. The number of nitrogens with one attached hydrogen (secondary N) is 2. The monoisotopic (exact) mass is 264 g/mol. The molecule has 6 heteroatoms. The van der Waals surface area contributed by atoms with Gasteiger partial charge in [0.15, 0.2) is 0 Å². The highest BCUT2D eigenvalue weighted by atomic mass is 15.3. The molecule has 1 saturated carbocycles. The van der Waals surface area contributed by atoms with E-state index in [1.165, 1.54) is 12.8 Å². The van der Waals surface area contributed by atoms with E-state index in [1.54, 1.807) is 0 Å². The second-order valence-corrected chi connectivity index (χ2v) is 5.36. The van der Waals surface area contributed by atoms with E-state index in [0.29, 0.717) is 17.7 Å². The molecule has 4 N–H and O–H groups in total. The van der Waals surface area contributed by atoms with E-state index in [0.717, 1.165) is 24.0 Å². The average Bonchev–Trinajstić information content (AvgIpc) is 3.22. The van der Waals surface area contributed by atoms with Crippen LogP contribution in [0.1, 0.15) is 31.2 Å². The Morgan fingerprint density at radius 3 is 2.53 bits per heavy atom. The van der Waals surface area contributed by atoms with Crippen molar-refractivity contribution in [3.05, 3.63) is 11.4 Å². The van der Waals surface area contributed by atoms with Crippen LogP contribution < -0.4 is 16.6 Å². The Balaban J connectivity index is 2.00. The summed E-state index contributed by atoms with van der Waals surface area (Å²) < 4.78 is 0. The number of nitrogens with zero attached hydrogens (tertiary/aromatic N) is 3. The van der Waals surface area contributed by atoms with Crippen molar-refractivity contribution in [2.75, 3.05) is 24.3 Å².